The van der Waals surface area contributed by atoms with E-state index in [1.54, 1.807) is 0 Å². The van der Waals surface area contributed by atoms with Crippen LogP contribution in [0.3, 0.4) is 0 Å². The van der Waals surface area contributed by atoms with Crippen LogP contribution in [-0.2, 0) is 13.6 Å². The number of hydrogen-bond acceptors (Lipinski definition) is 2. The van der Waals surface area contributed by atoms with Crippen molar-refractivity contribution < 1.29 is 0 Å². The van der Waals surface area contributed by atoms with E-state index in [2.05, 4.69) is 33.8 Å². The van der Waals surface area contributed by atoms with Gasteiger partial charge in [-0.15, -0.1) is 0 Å². The predicted molar refractivity (Wildman–Crippen MR) is 82.4 cm³/mol. The summed E-state index contributed by atoms with van der Waals surface area (Å²) in [7, 11) is 2.02. The van der Waals surface area contributed by atoms with Gasteiger partial charge in [0, 0.05) is 19.2 Å². The lowest BCUT2D eigenvalue weighted by molar-refractivity contribution is 0.443. The van der Waals surface area contributed by atoms with E-state index in [0.717, 1.165) is 17.3 Å². The van der Waals surface area contributed by atoms with Crippen molar-refractivity contribution in [2.24, 2.45) is 12.8 Å². The molecule has 3 nitrogen and oxygen atoms in total. The molecule has 0 aliphatic heterocycles. The number of imidazole rings is 1. The maximum Gasteiger partial charge on any atom is 0.0952 e. The van der Waals surface area contributed by atoms with E-state index in [1.165, 1.54) is 43.2 Å². The van der Waals surface area contributed by atoms with E-state index in [-0.39, 0.29) is 0 Å². The Hall–Kier alpha value is -1.61. The molecule has 0 bridgehead atoms. The van der Waals surface area contributed by atoms with Gasteiger partial charge in [-0.1, -0.05) is 43.5 Å². The normalized spacial score (nSPS) is 16.5. The minimum atomic E-state index is 0.487. The molecule has 0 saturated heterocycles. The van der Waals surface area contributed by atoms with E-state index >= 15 is 0 Å². The molecule has 2 N–H and O–H groups in total. The molecule has 106 valence electrons. The summed E-state index contributed by atoms with van der Waals surface area (Å²) in [5.41, 5.74) is 10.6. The molecule has 20 heavy (non-hydrogen) atoms. The second-order valence-corrected chi connectivity index (χ2v) is 5.81. The third-order valence-electron chi connectivity index (χ3n) is 4.47. The predicted octanol–water partition coefficient (Wildman–Crippen LogP) is 3.59. The van der Waals surface area contributed by atoms with E-state index in [1.807, 2.05) is 13.4 Å². The summed E-state index contributed by atoms with van der Waals surface area (Å²) in [6, 6.07) is 9.03. The molecule has 0 atom stereocenters. The minimum Gasteiger partial charge on any atom is -0.333 e. The standard InChI is InChI=1S/C17H23N3/c1-20-12-19-16(11-18)17(20)15-9-7-14(8-10-15)13-5-3-2-4-6-13/h7-10,12-13H,2-6,11,18H2,1H3. The Morgan fingerprint density at radius 1 is 1.15 bits per heavy atom. The number of rotatable bonds is 3. The lowest BCUT2D eigenvalue weighted by Crippen LogP contribution is -2.04. The molecule has 1 aliphatic rings. The van der Waals surface area contributed by atoms with Gasteiger partial charge in [-0.25, -0.2) is 4.98 Å². The molecule has 1 saturated carbocycles. The Kier molecular flexibility index (Phi) is 3.88. The Morgan fingerprint density at radius 3 is 2.50 bits per heavy atom. The van der Waals surface area contributed by atoms with Crippen molar-refractivity contribution >= 4 is 0 Å². The topological polar surface area (TPSA) is 43.8 Å². The smallest absolute Gasteiger partial charge is 0.0952 e. The Morgan fingerprint density at radius 2 is 1.85 bits per heavy atom. The van der Waals surface area contributed by atoms with Crippen molar-refractivity contribution in [1.82, 2.24) is 9.55 Å². The van der Waals surface area contributed by atoms with Crippen molar-refractivity contribution in [3.05, 3.63) is 41.9 Å². The van der Waals surface area contributed by atoms with Gasteiger partial charge in [0.25, 0.3) is 0 Å². The number of aryl methyl sites for hydroxylation is 1. The lowest BCUT2D eigenvalue weighted by Gasteiger charge is -2.22. The number of nitrogens with zero attached hydrogens (tertiary/aromatic N) is 2. The molecule has 0 unspecified atom stereocenters. The molecule has 0 amide bonds. The highest BCUT2D eigenvalue weighted by atomic mass is 15.0. The molecule has 3 heteroatoms. The summed E-state index contributed by atoms with van der Waals surface area (Å²) in [5, 5.41) is 0. The summed E-state index contributed by atoms with van der Waals surface area (Å²) in [6.07, 6.45) is 8.70. The third-order valence-corrected chi connectivity index (χ3v) is 4.47. The van der Waals surface area contributed by atoms with E-state index in [0.29, 0.717) is 6.54 Å². The Bertz CT molecular complexity index is 562. The van der Waals surface area contributed by atoms with Crippen molar-refractivity contribution in [2.45, 2.75) is 44.6 Å². The monoisotopic (exact) mass is 269 g/mol. The van der Waals surface area contributed by atoms with Crippen LogP contribution in [0.5, 0.6) is 0 Å². The fourth-order valence-corrected chi connectivity index (χ4v) is 3.35. The van der Waals surface area contributed by atoms with Crippen LogP contribution >= 0.6 is 0 Å². The van der Waals surface area contributed by atoms with Crippen LogP contribution < -0.4 is 5.73 Å². The van der Waals surface area contributed by atoms with E-state index in [4.69, 9.17) is 5.73 Å². The number of aromatic nitrogens is 2. The van der Waals surface area contributed by atoms with E-state index in [9.17, 15) is 0 Å². The van der Waals surface area contributed by atoms with Gasteiger partial charge in [0.1, 0.15) is 0 Å². The zero-order valence-electron chi connectivity index (χ0n) is 12.2. The average Bonchev–Trinajstić information content (AvgIpc) is 2.89. The summed E-state index contributed by atoms with van der Waals surface area (Å²) < 4.78 is 2.05. The van der Waals surface area contributed by atoms with Gasteiger partial charge in [0.05, 0.1) is 17.7 Å². The second kappa shape index (κ2) is 5.80. The van der Waals surface area contributed by atoms with Gasteiger partial charge >= 0.3 is 0 Å². The Labute approximate surface area is 120 Å². The van der Waals surface area contributed by atoms with Crippen LogP contribution in [0.2, 0.25) is 0 Å². The van der Waals surface area contributed by atoms with Gasteiger partial charge in [-0.05, 0) is 24.3 Å². The maximum atomic E-state index is 5.77. The Balaban J connectivity index is 1.87. The first-order valence-corrected chi connectivity index (χ1v) is 7.60. The SMILES string of the molecule is Cn1cnc(CN)c1-c1ccc(C2CCCCC2)cc1. The number of benzene rings is 1. The maximum absolute atomic E-state index is 5.77. The van der Waals surface area contributed by atoms with Gasteiger partial charge in [0.15, 0.2) is 0 Å². The van der Waals surface area contributed by atoms with Gasteiger partial charge < -0.3 is 10.3 Å². The molecule has 1 aliphatic carbocycles. The highest BCUT2D eigenvalue weighted by Crippen LogP contribution is 2.33. The van der Waals surface area contributed by atoms with Crippen LogP contribution in [0.4, 0.5) is 0 Å². The first kappa shape index (κ1) is 13.4. The van der Waals surface area contributed by atoms with Crippen molar-refractivity contribution in [1.29, 1.82) is 0 Å². The molecule has 1 fully saturated rings. The van der Waals surface area contributed by atoms with Crippen LogP contribution in [-0.4, -0.2) is 9.55 Å². The molecule has 0 radical (unpaired) electrons. The molecule has 0 spiro atoms. The number of nitrogens with two attached hydrogens (primary N) is 1. The zero-order valence-corrected chi connectivity index (χ0v) is 12.2. The largest absolute Gasteiger partial charge is 0.333 e. The molecule has 3 rings (SSSR count). The highest BCUT2D eigenvalue weighted by molar-refractivity contribution is 5.63. The van der Waals surface area contributed by atoms with Crippen LogP contribution in [0, 0.1) is 0 Å². The van der Waals surface area contributed by atoms with Crippen molar-refractivity contribution in [2.75, 3.05) is 0 Å². The molecule has 1 aromatic heterocycles. The van der Waals surface area contributed by atoms with Crippen LogP contribution in [0.1, 0.15) is 49.3 Å². The van der Waals surface area contributed by atoms with Crippen LogP contribution in [0.15, 0.2) is 30.6 Å². The first-order chi connectivity index (χ1) is 9.79. The summed E-state index contributed by atoms with van der Waals surface area (Å²) in [6.45, 7) is 0.487. The first-order valence-electron chi connectivity index (χ1n) is 7.60. The van der Waals surface area contributed by atoms with Gasteiger partial charge in [-0.2, -0.15) is 0 Å². The number of hydrogen-bond donors (Lipinski definition) is 1. The van der Waals surface area contributed by atoms with Crippen molar-refractivity contribution in [3.63, 3.8) is 0 Å². The summed E-state index contributed by atoms with van der Waals surface area (Å²) in [4.78, 5) is 4.36. The van der Waals surface area contributed by atoms with Crippen LogP contribution in [0.25, 0.3) is 11.3 Å². The molecule has 1 aromatic carbocycles. The lowest BCUT2D eigenvalue weighted by atomic mass is 9.84. The quantitative estimate of drug-likeness (QED) is 0.925. The minimum absolute atomic E-state index is 0.487. The van der Waals surface area contributed by atoms with E-state index < -0.39 is 0 Å². The second-order valence-electron chi connectivity index (χ2n) is 5.81. The van der Waals surface area contributed by atoms with Gasteiger partial charge in [-0.3, -0.25) is 0 Å². The highest BCUT2D eigenvalue weighted by Gasteiger charge is 2.16. The summed E-state index contributed by atoms with van der Waals surface area (Å²) >= 11 is 0. The molecular weight excluding hydrogens is 246 g/mol. The van der Waals surface area contributed by atoms with Crippen molar-refractivity contribution in [3.8, 4) is 11.3 Å². The molecule has 2 aromatic rings. The fraction of sp³-hybridized carbons (Fsp3) is 0.471. The summed E-state index contributed by atoms with van der Waals surface area (Å²) in [5.74, 6) is 0.762. The fourth-order valence-electron chi connectivity index (χ4n) is 3.35. The average molecular weight is 269 g/mol. The van der Waals surface area contributed by atoms with Gasteiger partial charge in [0.2, 0.25) is 0 Å². The molecule has 1 heterocycles. The third kappa shape index (κ3) is 2.50. The zero-order chi connectivity index (χ0) is 13.9. The molecular formula is C17H23N3.